The fourth-order valence-corrected chi connectivity index (χ4v) is 4.08. The Morgan fingerprint density at radius 3 is 2.65 bits per heavy atom. The molecule has 0 bridgehead atoms. The Morgan fingerprint density at radius 2 is 2.03 bits per heavy atom. The average molecular weight is 571 g/mol. The minimum absolute atomic E-state index is 0. The van der Waals surface area contributed by atoms with Crippen LogP contribution in [0.1, 0.15) is 30.5 Å². The van der Waals surface area contributed by atoms with Crippen LogP contribution in [0.15, 0.2) is 34.6 Å². The predicted molar refractivity (Wildman–Crippen MR) is 127 cm³/mol. The lowest BCUT2D eigenvalue weighted by Gasteiger charge is -2.34. The highest BCUT2D eigenvalue weighted by molar-refractivity contribution is 14.0. The number of nitrogens with zero attached hydrogens (tertiary/aromatic N) is 3. The summed E-state index contributed by atoms with van der Waals surface area (Å²) in [7, 11) is 0. The highest BCUT2D eigenvalue weighted by atomic mass is 127. The predicted octanol–water partition coefficient (Wildman–Crippen LogP) is 4.69. The summed E-state index contributed by atoms with van der Waals surface area (Å²) < 4.78 is 51.4. The molecule has 0 unspecified atom stereocenters. The zero-order valence-electron chi connectivity index (χ0n) is 17.1. The monoisotopic (exact) mass is 571 g/mol. The van der Waals surface area contributed by atoms with Gasteiger partial charge in [0.05, 0.1) is 5.01 Å². The van der Waals surface area contributed by atoms with Crippen LogP contribution < -0.4 is 15.5 Å². The van der Waals surface area contributed by atoms with E-state index in [1.54, 1.807) is 12.1 Å². The van der Waals surface area contributed by atoms with Gasteiger partial charge in [-0.25, -0.2) is 9.37 Å². The van der Waals surface area contributed by atoms with Gasteiger partial charge < -0.3 is 15.5 Å². The molecule has 3 rings (SSSR count). The summed E-state index contributed by atoms with van der Waals surface area (Å²) in [5.74, 6) is 0.409. The second kappa shape index (κ2) is 11.8. The smallest absolute Gasteiger partial charge is 0.371 e. The lowest BCUT2D eigenvalue weighted by molar-refractivity contribution is -0.140. The van der Waals surface area contributed by atoms with Gasteiger partial charge in [0.2, 0.25) is 0 Å². The molecule has 0 aliphatic carbocycles. The number of anilines is 1. The van der Waals surface area contributed by atoms with Gasteiger partial charge in [0.15, 0.2) is 11.7 Å². The third-order valence-corrected chi connectivity index (χ3v) is 5.70. The number of aromatic nitrogens is 1. The van der Waals surface area contributed by atoms with Crippen molar-refractivity contribution in [2.75, 3.05) is 31.1 Å². The molecule has 0 amide bonds. The molecule has 1 fully saturated rings. The number of rotatable bonds is 6. The second-order valence-corrected chi connectivity index (χ2v) is 7.96. The molecule has 1 aromatic heterocycles. The van der Waals surface area contributed by atoms with E-state index in [1.807, 2.05) is 13.0 Å². The minimum Gasteiger partial charge on any atom is -0.371 e. The first kappa shape index (κ1) is 25.6. The topological polar surface area (TPSA) is 52.6 Å². The van der Waals surface area contributed by atoms with Gasteiger partial charge in [-0.1, -0.05) is 6.07 Å². The van der Waals surface area contributed by atoms with Crippen LogP contribution in [0.25, 0.3) is 0 Å². The second-order valence-electron chi connectivity index (χ2n) is 7.02. The number of guanidine groups is 1. The highest BCUT2D eigenvalue weighted by Crippen LogP contribution is 2.30. The summed E-state index contributed by atoms with van der Waals surface area (Å²) in [5.41, 5.74) is 0.0391. The van der Waals surface area contributed by atoms with Crippen molar-refractivity contribution >= 4 is 47.0 Å². The summed E-state index contributed by atoms with van der Waals surface area (Å²) >= 11 is 1.00. The van der Waals surface area contributed by atoms with Gasteiger partial charge in [-0.05, 0) is 38.0 Å². The number of nitrogens with one attached hydrogen (secondary N) is 2. The Labute approximate surface area is 200 Å². The van der Waals surface area contributed by atoms with E-state index in [0.717, 1.165) is 48.3 Å². The van der Waals surface area contributed by atoms with Crippen LogP contribution in [0.5, 0.6) is 0 Å². The standard InChI is InChI=1S/C20H25F4N5S.HI/c1-2-25-19(26-9-6-18-28-17(13-30-18)20(22,23)24)27-15-7-10-29(11-8-15)16-5-3-4-14(21)12-16;/h3-5,12-13,15H,2,6-11H2,1H3,(H2,25,26,27);1H. The molecular weight excluding hydrogens is 545 g/mol. The molecule has 1 saturated heterocycles. The molecule has 2 heterocycles. The molecule has 2 aromatic rings. The Kier molecular flexibility index (Phi) is 9.79. The SMILES string of the molecule is CCNC(=NCCc1nc(C(F)(F)F)cs1)NC1CCN(c2cccc(F)c2)CC1.I. The van der Waals surface area contributed by atoms with Crippen molar-refractivity contribution in [2.45, 2.75) is 38.4 Å². The van der Waals surface area contributed by atoms with Crippen molar-refractivity contribution in [1.82, 2.24) is 15.6 Å². The Balaban J connectivity index is 0.00000341. The lowest BCUT2D eigenvalue weighted by Crippen LogP contribution is -2.48. The van der Waals surface area contributed by atoms with E-state index >= 15 is 0 Å². The molecule has 11 heteroatoms. The number of thiazole rings is 1. The van der Waals surface area contributed by atoms with Gasteiger partial charge in [-0.3, -0.25) is 4.99 Å². The first-order valence-corrected chi connectivity index (χ1v) is 10.8. The van der Waals surface area contributed by atoms with Crippen LogP contribution in [0.2, 0.25) is 0 Å². The maximum absolute atomic E-state index is 13.4. The number of alkyl halides is 3. The Morgan fingerprint density at radius 1 is 1.29 bits per heavy atom. The molecule has 31 heavy (non-hydrogen) atoms. The van der Waals surface area contributed by atoms with Crippen LogP contribution in [-0.4, -0.2) is 43.2 Å². The summed E-state index contributed by atoms with van der Waals surface area (Å²) in [4.78, 5) is 10.3. The first-order valence-electron chi connectivity index (χ1n) is 9.92. The minimum atomic E-state index is -4.41. The number of piperidine rings is 1. The highest BCUT2D eigenvalue weighted by Gasteiger charge is 2.33. The van der Waals surface area contributed by atoms with Gasteiger partial charge in [0.25, 0.3) is 0 Å². The van der Waals surface area contributed by atoms with Crippen molar-refractivity contribution in [3.8, 4) is 0 Å². The quantitative estimate of drug-likeness (QED) is 0.229. The fourth-order valence-electron chi connectivity index (χ4n) is 3.29. The molecule has 1 aliphatic heterocycles. The zero-order chi connectivity index (χ0) is 21.6. The van der Waals surface area contributed by atoms with E-state index in [4.69, 9.17) is 0 Å². The summed E-state index contributed by atoms with van der Waals surface area (Å²) in [5, 5.41) is 8.03. The molecule has 1 aromatic carbocycles. The number of aliphatic imine (C=N–C) groups is 1. The largest absolute Gasteiger partial charge is 0.434 e. The molecule has 1 aliphatic rings. The average Bonchev–Trinajstić information content (AvgIpc) is 3.18. The van der Waals surface area contributed by atoms with E-state index in [9.17, 15) is 17.6 Å². The summed E-state index contributed by atoms with van der Waals surface area (Å²) in [6.07, 6.45) is -2.30. The van der Waals surface area contributed by atoms with E-state index in [2.05, 4.69) is 25.5 Å². The molecule has 172 valence electrons. The van der Waals surface area contributed by atoms with Crippen molar-refractivity contribution in [3.63, 3.8) is 0 Å². The lowest BCUT2D eigenvalue weighted by atomic mass is 10.0. The maximum Gasteiger partial charge on any atom is 0.434 e. The molecule has 0 saturated carbocycles. The van der Waals surface area contributed by atoms with Crippen molar-refractivity contribution in [3.05, 3.63) is 46.2 Å². The van der Waals surface area contributed by atoms with Gasteiger partial charge in [0, 0.05) is 49.7 Å². The van der Waals surface area contributed by atoms with Crippen LogP contribution in [-0.2, 0) is 12.6 Å². The molecule has 0 radical (unpaired) electrons. The summed E-state index contributed by atoms with van der Waals surface area (Å²) in [6, 6.07) is 6.83. The van der Waals surface area contributed by atoms with Gasteiger partial charge >= 0.3 is 6.18 Å². The van der Waals surface area contributed by atoms with Gasteiger partial charge in [-0.15, -0.1) is 35.3 Å². The van der Waals surface area contributed by atoms with Crippen LogP contribution in [0.4, 0.5) is 23.2 Å². The molecule has 0 spiro atoms. The van der Waals surface area contributed by atoms with Gasteiger partial charge in [-0.2, -0.15) is 13.2 Å². The maximum atomic E-state index is 13.4. The van der Waals surface area contributed by atoms with Crippen molar-refractivity contribution < 1.29 is 17.6 Å². The zero-order valence-corrected chi connectivity index (χ0v) is 20.2. The number of hydrogen-bond donors (Lipinski definition) is 2. The first-order chi connectivity index (χ1) is 14.3. The van der Waals surface area contributed by atoms with Crippen molar-refractivity contribution in [2.24, 2.45) is 4.99 Å². The Hall–Kier alpha value is -1.63. The molecule has 2 N–H and O–H groups in total. The van der Waals surface area contributed by atoms with E-state index in [1.165, 1.54) is 6.07 Å². The van der Waals surface area contributed by atoms with Crippen LogP contribution in [0, 0.1) is 5.82 Å². The molecular formula is C20H26F4IN5S. The van der Waals surface area contributed by atoms with E-state index in [-0.39, 0.29) is 35.8 Å². The van der Waals surface area contributed by atoms with Crippen LogP contribution in [0.3, 0.4) is 0 Å². The van der Waals surface area contributed by atoms with Crippen LogP contribution >= 0.6 is 35.3 Å². The number of halogens is 5. The molecule has 0 atom stereocenters. The Bertz CT molecular complexity index is 850. The normalized spacial score (nSPS) is 15.5. The number of hydrogen-bond acceptors (Lipinski definition) is 4. The van der Waals surface area contributed by atoms with E-state index < -0.39 is 11.9 Å². The molecule has 5 nitrogen and oxygen atoms in total. The van der Waals surface area contributed by atoms with Gasteiger partial charge in [0.1, 0.15) is 5.82 Å². The number of benzene rings is 1. The third kappa shape index (κ3) is 7.78. The van der Waals surface area contributed by atoms with E-state index in [0.29, 0.717) is 30.5 Å². The van der Waals surface area contributed by atoms with Crippen molar-refractivity contribution in [1.29, 1.82) is 0 Å². The third-order valence-electron chi connectivity index (χ3n) is 4.79. The fraction of sp³-hybridized carbons (Fsp3) is 0.500. The summed E-state index contributed by atoms with van der Waals surface area (Å²) in [6.45, 7) is 4.60.